The van der Waals surface area contributed by atoms with Gasteiger partial charge in [-0.3, -0.25) is 0 Å². The van der Waals surface area contributed by atoms with Gasteiger partial charge in [-0.25, -0.2) is 4.79 Å². The second-order valence-electron chi connectivity index (χ2n) is 1.94. The van der Waals surface area contributed by atoms with E-state index in [2.05, 4.69) is 6.58 Å². The van der Waals surface area contributed by atoms with E-state index in [1.54, 1.807) is 24.3 Å². The van der Waals surface area contributed by atoms with E-state index in [1.807, 2.05) is 6.07 Å². The summed E-state index contributed by atoms with van der Waals surface area (Å²) < 4.78 is 4.81. The van der Waals surface area contributed by atoms with Gasteiger partial charge in [-0.1, -0.05) is 24.8 Å². The van der Waals surface area contributed by atoms with E-state index >= 15 is 0 Å². The zero-order valence-corrected chi connectivity index (χ0v) is 8.99. The number of hydrogen-bond acceptors (Lipinski definition) is 2. The summed E-state index contributed by atoms with van der Waals surface area (Å²) in [5, 5.41) is 0. The number of hydrogen-bond donors (Lipinski definition) is 0. The number of rotatable bonds is 2. The van der Waals surface area contributed by atoms with Crippen LogP contribution in [0.4, 0.5) is 0 Å². The van der Waals surface area contributed by atoms with Crippen molar-refractivity contribution in [3.8, 4) is 5.75 Å². The average Bonchev–Trinajstić information content (AvgIpc) is 2.06. The number of carbonyl (C=O) groups is 1. The smallest absolute Gasteiger partial charge is 0.335 e. The molecule has 0 aromatic heterocycles. The summed E-state index contributed by atoms with van der Waals surface area (Å²) >= 11 is 0. The van der Waals surface area contributed by atoms with Crippen LogP contribution in [0.5, 0.6) is 5.75 Å². The molecular formula is C9H8NaO2. The molecule has 0 aliphatic rings. The first kappa shape index (κ1) is 11.4. The molecule has 0 heterocycles. The third-order valence-electron chi connectivity index (χ3n) is 1.13. The molecule has 0 spiro atoms. The van der Waals surface area contributed by atoms with Gasteiger partial charge in [0.15, 0.2) is 0 Å². The zero-order chi connectivity index (χ0) is 8.10. The number of benzene rings is 1. The van der Waals surface area contributed by atoms with E-state index in [4.69, 9.17) is 4.74 Å². The van der Waals surface area contributed by atoms with Gasteiger partial charge >= 0.3 is 5.97 Å². The molecular weight excluding hydrogens is 163 g/mol. The van der Waals surface area contributed by atoms with Crippen LogP contribution < -0.4 is 4.74 Å². The fourth-order valence-electron chi connectivity index (χ4n) is 0.646. The van der Waals surface area contributed by atoms with Crippen LogP contribution in [0.1, 0.15) is 0 Å². The van der Waals surface area contributed by atoms with E-state index in [1.165, 1.54) is 0 Å². The molecule has 0 aliphatic carbocycles. The molecule has 12 heavy (non-hydrogen) atoms. The Morgan fingerprint density at radius 1 is 1.33 bits per heavy atom. The summed E-state index contributed by atoms with van der Waals surface area (Å²) in [6.07, 6.45) is 1.13. The fourth-order valence-corrected chi connectivity index (χ4v) is 0.646. The first-order valence-electron chi connectivity index (χ1n) is 3.22. The van der Waals surface area contributed by atoms with Crippen molar-refractivity contribution < 1.29 is 9.53 Å². The minimum atomic E-state index is -0.434. The van der Waals surface area contributed by atoms with Gasteiger partial charge in [-0.05, 0) is 12.1 Å². The number of carbonyl (C=O) groups excluding carboxylic acids is 1. The molecule has 0 saturated carbocycles. The predicted molar refractivity (Wildman–Crippen MR) is 48.0 cm³/mol. The molecule has 0 aliphatic heterocycles. The minimum absolute atomic E-state index is 0. The fraction of sp³-hybridized carbons (Fsp3) is 0. The molecule has 0 fully saturated rings. The van der Waals surface area contributed by atoms with Gasteiger partial charge in [0.2, 0.25) is 0 Å². The van der Waals surface area contributed by atoms with Crippen molar-refractivity contribution in [3.05, 3.63) is 43.0 Å². The maximum atomic E-state index is 10.6. The quantitative estimate of drug-likeness (QED) is 0.291. The molecule has 1 radical (unpaired) electrons. The molecule has 0 unspecified atom stereocenters. The van der Waals surface area contributed by atoms with E-state index in [9.17, 15) is 4.79 Å². The zero-order valence-electron chi connectivity index (χ0n) is 6.99. The summed E-state index contributed by atoms with van der Waals surface area (Å²) in [6, 6.07) is 8.87. The minimum Gasteiger partial charge on any atom is -0.423 e. The standard InChI is InChI=1S/C9H8O2.Na/c1-2-9(10)11-8-6-4-3-5-7-8;/h2-7H,1H2;. The second kappa shape index (κ2) is 6.00. The van der Waals surface area contributed by atoms with Gasteiger partial charge in [0.25, 0.3) is 0 Å². The summed E-state index contributed by atoms with van der Waals surface area (Å²) in [7, 11) is 0. The Morgan fingerprint density at radius 3 is 2.42 bits per heavy atom. The van der Waals surface area contributed by atoms with E-state index in [0.717, 1.165) is 6.08 Å². The van der Waals surface area contributed by atoms with Crippen LogP contribution in [0.15, 0.2) is 43.0 Å². The molecule has 0 saturated heterocycles. The SMILES string of the molecule is C=CC(=O)Oc1ccccc1.[Na]. The summed E-state index contributed by atoms with van der Waals surface area (Å²) in [5.74, 6) is 0.105. The maximum Gasteiger partial charge on any atom is 0.335 e. The Labute approximate surface area is 93.5 Å². The number of esters is 1. The summed E-state index contributed by atoms with van der Waals surface area (Å²) in [5.41, 5.74) is 0. The van der Waals surface area contributed by atoms with Gasteiger partial charge in [-0.15, -0.1) is 0 Å². The Morgan fingerprint density at radius 2 is 1.92 bits per heavy atom. The van der Waals surface area contributed by atoms with E-state index in [0.29, 0.717) is 5.75 Å². The second-order valence-corrected chi connectivity index (χ2v) is 1.94. The normalized spacial score (nSPS) is 8.00. The molecule has 3 heteroatoms. The van der Waals surface area contributed by atoms with Crippen LogP contribution in [-0.2, 0) is 4.79 Å². The van der Waals surface area contributed by atoms with Gasteiger partial charge in [0, 0.05) is 35.6 Å². The number of para-hydroxylation sites is 1. The Kier molecular flexibility index (Phi) is 5.72. The first-order chi connectivity index (χ1) is 5.33. The van der Waals surface area contributed by atoms with Gasteiger partial charge < -0.3 is 4.74 Å². The number of ether oxygens (including phenoxy) is 1. The van der Waals surface area contributed by atoms with Crippen molar-refractivity contribution in [2.75, 3.05) is 0 Å². The van der Waals surface area contributed by atoms with Crippen LogP contribution in [0, 0.1) is 0 Å². The average molecular weight is 171 g/mol. The van der Waals surface area contributed by atoms with Crippen molar-refractivity contribution in [3.63, 3.8) is 0 Å². The largest absolute Gasteiger partial charge is 0.423 e. The third-order valence-corrected chi connectivity index (χ3v) is 1.13. The monoisotopic (exact) mass is 171 g/mol. The Bertz CT molecular complexity index is 256. The van der Waals surface area contributed by atoms with Crippen LogP contribution in [-0.4, -0.2) is 35.5 Å². The molecule has 0 N–H and O–H groups in total. The molecule has 0 atom stereocenters. The molecule has 57 valence electrons. The molecule has 1 aromatic rings. The van der Waals surface area contributed by atoms with Crippen LogP contribution in [0.25, 0.3) is 0 Å². The molecule has 1 aromatic carbocycles. The Balaban J connectivity index is 0.00000121. The van der Waals surface area contributed by atoms with Crippen molar-refractivity contribution >= 4 is 35.5 Å². The van der Waals surface area contributed by atoms with Crippen LogP contribution in [0.3, 0.4) is 0 Å². The topological polar surface area (TPSA) is 26.3 Å². The van der Waals surface area contributed by atoms with Crippen LogP contribution in [0.2, 0.25) is 0 Å². The maximum absolute atomic E-state index is 10.6. The van der Waals surface area contributed by atoms with Crippen molar-refractivity contribution in [2.45, 2.75) is 0 Å². The summed E-state index contributed by atoms with van der Waals surface area (Å²) in [4.78, 5) is 10.6. The molecule has 0 amide bonds. The van der Waals surface area contributed by atoms with Crippen LogP contribution >= 0.6 is 0 Å². The van der Waals surface area contributed by atoms with Crippen molar-refractivity contribution in [2.24, 2.45) is 0 Å². The molecule has 0 bridgehead atoms. The summed E-state index contributed by atoms with van der Waals surface area (Å²) in [6.45, 7) is 3.28. The first-order valence-corrected chi connectivity index (χ1v) is 3.22. The van der Waals surface area contributed by atoms with Crippen molar-refractivity contribution in [1.29, 1.82) is 0 Å². The Hall–Kier alpha value is -0.570. The van der Waals surface area contributed by atoms with E-state index in [-0.39, 0.29) is 29.6 Å². The molecule has 2 nitrogen and oxygen atoms in total. The van der Waals surface area contributed by atoms with E-state index < -0.39 is 5.97 Å². The van der Waals surface area contributed by atoms with Gasteiger partial charge in [0.1, 0.15) is 5.75 Å². The van der Waals surface area contributed by atoms with Crippen molar-refractivity contribution in [1.82, 2.24) is 0 Å². The molecule has 1 rings (SSSR count). The van der Waals surface area contributed by atoms with Gasteiger partial charge in [-0.2, -0.15) is 0 Å². The van der Waals surface area contributed by atoms with Gasteiger partial charge in [0.05, 0.1) is 0 Å². The third kappa shape index (κ3) is 3.72. The predicted octanol–water partition coefficient (Wildman–Crippen LogP) is 1.40.